The van der Waals surface area contributed by atoms with Crippen molar-refractivity contribution in [2.75, 3.05) is 5.32 Å². The summed E-state index contributed by atoms with van der Waals surface area (Å²) < 4.78 is 6.47. The van der Waals surface area contributed by atoms with E-state index in [1.165, 1.54) is 0 Å². The molecule has 4 aliphatic rings. The molecule has 1 spiro atoms. The minimum atomic E-state index is -1.21. The fourth-order valence-electron chi connectivity index (χ4n) is 6.99. The summed E-state index contributed by atoms with van der Waals surface area (Å²) in [5.74, 6) is -1.98. The van der Waals surface area contributed by atoms with Gasteiger partial charge in [-0.2, -0.15) is 0 Å². The number of fused-ring (bicyclic) bond motifs is 1. The number of amides is 3. The minimum Gasteiger partial charge on any atom is -0.359 e. The van der Waals surface area contributed by atoms with Crippen molar-refractivity contribution in [3.05, 3.63) is 76.8 Å². The number of benzene rings is 2. The van der Waals surface area contributed by atoms with Crippen molar-refractivity contribution >= 4 is 35.0 Å². The third-order valence-electron chi connectivity index (χ3n) is 8.95. The Bertz CT molecular complexity index is 1340. The van der Waals surface area contributed by atoms with E-state index in [1.54, 1.807) is 11.0 Å². The summed E-state index contributed by atoms with van der Waals surface area (Å²) in [5.41, 5.74) is 1.22. The van der Waals surface area contributed by atoms with Gasteiger partial charge in [0.05, 0.1) is 17.9 Å². The van der Waals surface area contributed by atoms with E-state index >= 15 is 0 Å². The number of hydrogen-bond acceptors (Lipinski definition) is 4. The highest BCUT2D eigenvalue weighted by Gasteiger charge is 2.72. The molecule has 3 heterocycles. The van der Waals surface area contributed by atoms with Gasteiger partial charge in [0.15, 0.2) is 0 Å². The van der Waals surface area contributed by atoms with Crippen molar-refractivity contribution < 1.29 is 19.1 Å². The lowest BCUT2D eigenvalue weighted by Crippen LogP contribution is -2.57. The number of carbonyl (C=O) groups excluding carboxylic acids is 3. The van der Waals surface area contributed by atoms with Gasteiger partial charge in [-0.1, -0.05) is 73.9 Å². The van der Waals surface area contributed by atoms with Crippen LogP contribution in [0.4, 0.5) is 5.69 Å². The molecular formula is C31H34ClN3O4. The highest BCUT2D eigenvalue weighted by atomic mass is 35.5. The smallest absolute Gasteiger partial charge is 0.246 e. The molecule has 0 aromatic heterocycles. The second-order valence-corrected chi connectivity index (χ2v) is 11.9. The lowest BCUT2D eigenvalue weighted by Gasteiger charge is -2.36. The van der Waals surface area contributed by atoms with Crippen molar-refractivity contribution in [2.24, 2.45) is 17.8 Å². The van der Waals surface area contributed by atoms with Gasteiger partial charge in [-0.05, 0) is 55.0 Å². The summed E-state index contributed by atoms with van der Waals surface area (Å²) in [6, 6.07) is 14.0. The van der Waals surface area contributed by atoms with Gasteiger partial charge in [0, 0.05) is 23.3 Å². The van der Waals surface area contributed by atoms with Crippen LogP contribution in [0, 0.1) is 24.7 Å². The van der Waals surface area contributed by atoms with E-state index in [2.05, 4.69) is 17.6 Å². The van der Waals surface area contributed by atoms with Gasteiger partial charge in [0.25, 0.3) is 0 Å². The van der Waals surface area contributed by atoms with E-state index in [9.17, 15) is 14.4 Å². The molecule has 6 rings (SSSR count). The highest BCUT2D eigenvalue weighted by molar-refractivity contribution is 6.31. The van der Waals surface area contributed by atoms with E-state index in [-0.39, 0.29) is 30.3 Å². The molecular weight excluding hydrogens is 514 g/mol. The van der Waals surface area contributed by atoms with E-state index < -0.39 is 29.6 Å². The first kappa shape index (κ1) is 26.1. The maximum Gasteiger partial charge on any atom is 0.246 e. The predicted molar refractivity (Wildman–Crippen MR) is 149 cm³/mol. The Morgan fingerprint density at radius 1 is 1.10 bits per heavy atom. The lowest BCUT2D eigenvalue weighted by molar-refractivity contribution is -0.142. The molecule has 3 fully saturated rings. The summed E-state index contributed by atoms with van der Waals surface area (Å²) in [7, 11) is 0. The third kappa shape index (κ3) is 4.45. The summed E-state index contributed by atoms with van der Waals surface area (Å²) in [6.07, 6.45) is 7.31. The van der Waals surface area contributed by atoms with Crippen LogP contribution in [-0.2, 0) is 25.7 Å². The fourth-order valence-corrected chi connectivity index (χ4v) is 7.18. The zero-order valence-electron chi connectivity index (χ0n) is 22.2. The Hall–Kier alpha value is -3.16. The largest absolute Gasteiger partial charge is 0.359 e. The predicted octanol–water partition coefficient (Wildman–Crippen LogP) is 4.63. The standard InChI is InChI=1S/C31H34ClN3O4/c1-18-8-7-11-21(16-18)33-28(36)25-24-14-15-31(39-24)26(25)30(38)35(17-20-10-4-5-12-22(20)32)27(31)29(37)34-23-13-6-3-9-19(23)2/h4-5,7-8,10-12,14-16,19,23-27H,3,6,9,13,17H2,1-2H3,(H,33,36)(H,34,37)/t19-,23+,24+,25-,26+,27+,31+/m0/s1. The first-order chi connectivity index (χ1) is 18.8. The Morgan fingerprint density at radius 2 is 1.90 bits per heavy atom. The molecule has 7 nitrogen and oxygen atoms in total. The number of ether oxygens (including phenoxy) is 1. The Kier molecular flexibility index (Phi) is 6.76. The van der Waals surface area contributed by atoms with Gasteiger partial charge < -0.3 is 20.3 Å². The molecule has 1 saturated carbocycles. The Morgan fingerprint density at radius 3 is 2.67 bits per heavy atom. The van der Waals surface area contributed by atoms with Crippen LogP contribution in [0.5, 0.6) is 0 Å². The number of nitrogens with one attached hydrogen (secondary N) is 2. The molecule has 7 atom stereocenters. The summed E-state index contributed by atoms with van der Waals surface area (Å²) in [6.45, 7) is 4.27. The molecule has 3 amide bonds. The van der Waals surface area contributed by atoms with Crippen LogP contribution in [0.3, 0.4) is 0 Å². The number of anilines is 1. The first-order valence-electron chi connectivity index (χ1n) is 13.9. The number of aryl methyl sites for hydroxylation is 1. The number of halogens is 1. The molecule has 2 aromatic rings. The van der Waals surface area contributed by atoms with Crippen LogP contribution >= 0.6 is 11.6 Å². The zero-order valence-corrected chi connectivity index (χ0v) is 23.0. The number of hydrogen-bond donors (Lipinski definition) is 2. The number of rotatable bonds is 6. The van der Waals surface area contributed by atoms with Crippen LogP contribution in [-0.4, -0.2) is 46.4 Å². The molecule has 2 bridgehead atoms. The van der Waals surface area contributed by atoms with Gasteiger partial charge >= 0.3 is 0 Å². The van der Waals surface area contributed by atoms with Crippen molar-refractivity contribution in [1.29, 1.82) is 0 Å². The zero-order chi connectivity index (χ0) is 27.3. The molecule has 0 radical (unpaired) electrons. The molecule has 204 valence electrons. The van der Waals surface area contributed by atoms with Gasteiger partial charge in [0.2, 0.25) is 17.7 Å². The monoisotopic (exact) mass is 547 g/mol. The number of likely N-dealkylation sites (tertiary alicyclic amines) is 1. The van der Waals surface area contributed by atoms with Crippen molar-refractivity contribution in [2.45, 2.75) is 69.9 Å². The molecule has 2 N–H and O–H groups in total. The topological polar surface area (TPSA) is 87.7 Å². The van der Waals surface area contributed by atoms with E-state index in [4.69, 9.17) is 16.3 Å². The molecule has 39 heavy (non-hydrogen) atoms. The fraction of sp³-hybridized carbons (Fsp3) is 0.452. The van der Waals surface area contributed by atoms with Crippen molar-refractivity contribution in [3.63, 3.8) is 0 Å². The van der Waals surface area contributed by atoms with Crippen LogP contribution < -0.4 is 10.6 Å². The SMILES string of the molecule is Cc1cccc(NC(=O)[C@H]2[C@H]3C=C[C@@]4(O3)[C@H]2C(=O)N(Cc2ccccc2Cl)[C@@H]4C(=O)N[C@@H]2CCCC[C@@H]2C)c1. The molecule has 0 unspecified atom stereocenters. The van der Waals surface area contributed by atoms with E-state index in [0.717, 1.165) is 36.8 Å². The van der Waals surface area contributed by atoms with Gasteiger partial charge in [-0.15, -0.1) is 0 Å². The minimum absolute atomic E-state index is 0.0435. The summed E-state index contributed by atoms with van der Waals surface area (Å²) in [5, 5.41) is 6.77. The van der Waals surface area contributed by atoms with Crippen LogP contribution in [0.2, 0.25) is 5.02 Å². The van der Waals surface area contributed by atoms with Crippen LogP contribution in [0.25, 0.3) is 0 Å². The van der Waals surface area contributed by atoms with Crippen molar-refractivity contribution in [1.82, 2.24) is 10.2 Å². The maximum atomic E-state index is 14.2. The molecule has 2 aromatic carbocycles. The second kappa shape index (κ2) is 10.1. The highest BCUT2D eigenvalue weighted by Crippen LogP contribution is 2.55. The molecule has 2 saturated heterocycles. The average molecular weight is 548 g/mol. The maximum absolute atomic E-state index is 14.2. The van der Waals surface area contributed by atoms with Gasteiger partial charge in [-0.25, -0.2) is 0 Å². The number of carbonyl (C=O) groups is 3. The molecule has 8 heteroatoms. The average Bonchev–Trinajstić information content (AvgIpc) is 3.54. The lowest BCUT2D eigenvalue weighted by atomic mass is 9.74. The van der Waals surface area contributed by atoms with Gasteiger partial charge in [-0.3, -0.25) is 14.4 Å². The molecule has 3 aliphatic heterocycles. The van der Waals surface area contributed by atoms with E-state index in [1.807, 2.05) is 61.5 Å². The van der Waals surface area contributed by atoms with E-state index in [0.29, 0.717) is 16.6 Å². The normalized spacial score (nSPS) is 32.8. The molecule has 1 aliphatic carbocycles. The number of nitrogens with zero attached hydrogens (tertiary/aromatic N) is 1. The van der Waals surface area contributed by atoms with Crippen LogP contribution in [0.15, 0.2) is 60.7 Å². The Balaban J connectivity index is 1.34. The Labute approximate surface area is 233 Å². The first-order valence-corrected chi connectivity index (χ1v) is 14.3. The van der Waals surface area contributed by atoms with Gasteiger partial charge in [0.1, 0.15) is 11.6 Å². The summed E-state index contributed by atoms with van der Waals surface area (Å²) in [4.78, 5) is 43.5. The second-order valence-electron chi connectivity index (χ2n) is 11.5. The third-order valence-corrected chi connectivity index (χ3v) is 9.32. The summed E-state index contributed by atoms with van der Waals surface area (Å²) >= 11 is 6.48. The quantitative estimate of drug-likeness (QED) is 0.516. The van der Waals surface area contributed by atoms with Crippen molar-refractivity contribution in [3.8, 4) is 0 Å². The van der Waals surface area contributed by atoms with Crippen LogP contribution in [0.1, 0.15) is 43.7 Å².